The van der Waals surface area contributed by atoms with Gasteiger partial charge in [0.1, 0.15) is 4.90 Å². The van der Waals surface area contributed by atoms with Crippen molar-refractivity contribution in [1.29, 1.82) is 0 Å². The molecule has 0 spiro atoms. The zero-order valence-electron chi connectivity index (χ0n) is 16.7. The summed E-state index contributed by atoms with van der Waals surface area (Å²) in [4.78, 5) is 14.6. The van der Waals surface area contributed by atoms with Gasteiger partial charge in [0.2, 0.25) is 10.0 Å². The molecule has 1 amide bonds. The zero-order chi connectivity index (χ0) is 22.2. The normalized spacial score (nSPS) is 15.3. The first kappa shape index (κ1) is 22.0. The van der Waals surface area contributed by atoms with Gasteiger partial charge in [0.25, 0.3) is 5.91 Å². The van der Waals surface area contributed by atoms with Gasteiger partial charge < -0.3 is 4.90 Å². The number of hydrogen-bond donors (Lipinski definition) is 0. The predicted molar refractivity (Wildman–Crippen MR) is 122 cm³/mol. The van der Waals surface area contributed by atoms with Crippen LogP contribution in [0.25, 0.3) is 5.69 Å². The number of sulfonamides is 1. The average Bonchev–Trinajstić information content (AvgIpc) is 3.19. The third-order valence-corrected chi connectivity index (χ3v) is 8.10. The standard InChI is InChI=1S/C21H20BrClN4O3S/c1-15-8-9-24-27(15)18-5-2-16(3-6-18)21(28)25-10-12-26(13-11-25)31(29,30)20-7-4-17(22)14-19(20)23/h2-9,14H,10-13H2,1H3. The number of nitrogens with zero attached hydrogens (tertiary/aromatic N) is 4. The van der Waals surface area contributed by atoms with Gasteiger partial charge in [-0.2, -0.15) is 9.40 Å². The van der Waals surface area contributed by atoms with Crippen molar-refractivity contribution < 1.29 is 13.2 Å². The number of aryl methyl sites for hydroxylation is 1. The molecule has 0 bridgehead atoms. The Bertz CT molecular complexity index is 1220. The largest absolute Gasteiger partial charge is 0.336 e. The maximum absolute atomic E-state index is 13.0. The summed E-state index contributed by atoms with van der Waals surface area (Å²) >= 11 is 9.43. The lowest BCUT2D eigenvalue weighted by molar-refractivity contribution is 0.0698. The smallest absolute Gasteiger partial charge is 0.253 e. The maximum atomic E-state index is 13.0. The second-order valence-electron chi connectivity index (χ2n) is 7.20. The third kappa shape index (κ3) is 4.41. The molecule has 0 radical (unpaired) electrons. The van der Waals surface area contributed by atoms with Crippen LogP contribution < -0.4 is 0 Å². The summed E-state index contributed by atoms with van der Waals surface area (Å²) in [7, 11) is -3.73. The van der Waals surface area contributed by atoms with E-state index in [1.54, 1.807) is 40.0 Å². The van der Waals surface area contributed by atoms with Gasteiger partial charge in [-0.05, 0) is 55.5 Å². The molecule has 1 aromatic heterocycles. The molecule has 0 unspecified atom stereocenters. The van der Waals surface area contributed by atoms with Crippen LogP contribution in [-0.4, -0.2) is 59.5 Å². The zero-order valence-corrected chi connectivity index (χ0v) is 19.9. The molecule has 3 aromatic rings. The van der Waals surface area contributed by atoms with E-state index in [4.69, 9.17) is 11.6 Å². The van der Waals surface area contributed by atoms with Crippen molar-refractivity contribution in [3.05, 3.63) is 75.5 Å². The fourth-order valence-electron chi connectivity index (χ4n) is 3.52. The number of aromatic nitrogens is 2. The minimum absolute atomic E-state index is 0.0710. The Morgan fingerprint density at radius 1 is 1.03 bits per heavy atom. The number of amides is 1. The van der Waals surface area contributed by atoms with Gasteiger partial charge in [0.05, 0.1) is 10.7 Å². The number of hydrogen-bond acceptors (Lipinski definition) is 4. The third-order valence-electron chi connectivity index (χ3n) is 5.23. The molecule has 10 heteroatoms. The van der Waals surface area contributed by atoms with E-state index in [9.17, 15) is 13.2 Å². The fourth-order valence-corrected chi connectivity index (χ4v) is 5.96. The minimum Gasteiger partial charge on any atom is -0.336 e. The first-order valence-electron chi connectivity index (χ1n) is 9.63. The van der Waals surface area contributed by atoms with E-state index in [1.807, 2.05) is 25.1 Å². The molecule has 4 rings (SSSR count). The highest BCUT2D eigenvalue weighted by Crippen LogP contribution is 2.28. The molecule has 1 saturated heterocycles. The van der Waals surface area contributed by atoms with Crippen LogP contribution in [0, 0.1) is 6.92 Å². The molecule has 162 valence electrons. The molecular weight excluding hydrogens is 504 g/mol. The molecule has 1 aliphatic rings. The van der Waals surface area contributed by atoms with E-state index in [0.717, 1.165) is 11.4 Å². The predicted octanol–water partition coefficient (Wildman–Crippen LogP) is 3.74. The van der Waals surface area contributed by atoms with Crippen LogP contribution in [-0.2, 0) is 10.0 Å². The molecule has 1 aliphatic heterocycles. The molecule has 1 fully saturated rings. The molecule has 7 nitrogen and oxygen atoms in total. The van der Waals surface area contributed by atoms with E-state index in [1.165, 1.54) is 10.4 Å². The monoisotopic (exact) mass is 522 g/mol. The van der Waals surface area contributed by atoms with Gasteiger partial charge in [0.15, 0.2) is 0 Å². The van der Waals surface area contributed by atoms with Crippen molar-refractivity contribution in [1.82, 2.24) is 19.0 Å². The lowest BCUT2D eigenvalue weighted by atomic mass is 10.1. The summed E-state index contributed by atoms with van der Waals surface area (Å²) in [6.07, 6.45) is 1.73. The van der Waals surface area contributed by atoms with Crippen molar-refractivity contribution >= 4 is 43.5 Å². The van der Waals surface area contributed by atoms with E-state index < -0.39 is 10.0 Å². The highest BCUT2D eigenvalue weighted by atomic mass is 79.9. The Balaban J connectivity index is 1.43. The van der Waals surface area contributed by atoms with Crippen LogP contribution >= 0.6 is 27.5 Å². The minimum atomic E-state index is -3.73. The van der Waals surface area contributed by atoms with Gasteiger partial charge in [-0.15, -0.1) is 0 Å². The van der Waals surface area contributed by atoms with Crippen molar-refractivity contribution in [2.75, 3.05) is 26.2 Å². The summed E-state index contributed by atoms with van der Waals surface area (Å²) in [5, 5.41) is 4.43. The van der Waals surface area contributed by atoms with Gasteiger partial charge >= 0.3 is 0 Å². The van der Waals surface area contributed by atoms with Gasteiger partial charge in [-0.3, -0.25) is 4.79 Å². The summed E-state index contributed by atoms with van der Waals surface area (Å²) in [5.41, 5.74) is 2.43. The maximum Gasteiger partial charge on any atom is 0.253 e. The van der Waals surface area contributed by atoms with Crippen LogP contribution in [0.1, 0.15) is 16.1 Å². The van der Waals surface area contributed by atoms with Crippen LogP contribution in [0.2, 0.25) is 5.02 Å². The molecule has 0 aliphatic carbocycles. The summed E-state index contributed by atoms with van der Waals surface area (Å²) in [5.74, 6) is -0.123. The SMILES string of the molecule is Cc1ccnn1-c1ccc(C(=O)N2CCN(S(=O)(=O)c3ccc(Br)cc3Cl)CC2)cc1. The first-order chi connectivity index (χ1) is 14.8. The molecular formula is C21H20BrClN4O3S. The number of benzene rings is 2. The number of halogens is 2. The lowest BCUT2D eigenvalue weighted by Crippen LogP contribution is -2.50. The Morgan fingerprint density at radius 3 is 2.29 bits per heavy atom. The molecule has 0 N–H and O–H groups in total. The number of carbonyl (C=O) groups is 1. The molecule has 0 atom stereocenters. The van der Waals surface area contributed by atoms with Crippen molar-refractivity contribution in [2.24, 2.45) is 0 Å². The van der Waals surface area contributed by atoms with Crippen LogP contribution in [0.5, 0.6) is 0 Å². The highest BCUT2D eigenvalue weighted by molar-refractivity contribution is 9.10. The molecule has 2 aromatic carbocycles. The fraction of sp³-hybridized carbons (Fsp3) is 0.238. The summed E-state index contributed by atoms with van der Waals surface area (Å²) in [6, 6.07) is 13.8. The quantitative estimate of drug-likeness (QED) is 0.522. The van der Waals surface area contributed by atoms with E-state index >= 15 is 0 Å². The number of carbonyl (C=O) groups excluding carboxylic acids is 1. The Hall–Kier alpha value is -2.20. The molecule has 2 heterocycles. The van der Waals surface area contributed by atoms with Gasteiger partial charge in [-0.25, -0.2) is 13.1 Å². The van der Waals surface area contributed by atoms with Crippen molar-refractivity contribution in [3.8, 4) is 5.69 Å². The Labute approximate surface area is 194 Å². The second-order valence-corrected chi connectivity index (χ2v) is 10.4. The van der Waals surface area contributed by atoms with Crippen molar-refractivity contribution in [3.63, 3.8) is 0 Å². The highest BCUT2D eigenvalue weighted by Gasteiger charge is 2.31. The van der Waals surface area contributed by atoms with E-state index in [2.05, 4.69) is 21.0 Å². The Kier molecular flexibility index (Phi) is 6.20. The average molecular weight is 524 g/mol. The summed E-state index contributed by atoms with van der Waals surface area (Å²) < 4.78 is 29.8. The van der Waals surface area contributed by atoms with Crippen LogP contribution in [0.15, 0.2) is 64.1 Å². The van der Waals surface area contributed by atoms with Gasteiger partial charge in [-0.1, -0.05) is 27.5 Å². The second kappa shape index (κ2) is 8.74. The van der Waals surface area contributed by atoms with E-state index in [0.29, 0.717) is 23.1 Å². The van der Waals surface area contributed by atoms with E-state index in [-0.39, 0.29) is 28.9 Å². The Morgan fingerprint density at radius 2 is 1.71 bits per heavy atom. The van der Waals surface area contributed by atoms with Crippen LogP contribution in [0.4, 0.5) is 0 Å². The topological polar surface area (TPSA) is 75.5 Å². The lowest BCUT2D eigenvalue weighted by Gasteiger charge is -2.34. The molecule has 31 heavy (non-hydrogen) atoms. The number of piperazine rings is 1. The first-order valence-corrected chi connectivity index (χ1v) is 12.2. The van der Waals surface area contributed by atoms with Gasteiger partial charge in [0, 0.05) is 48.1 Å². The summed E-state index contributed by atoms with van der Waals surface area (Å²) in [6.45, 7) is 3.01. The van der Waals surface area contributed by atoms with Crippen LogP contribution in [0.3, 0.4) is 0 Å². The number of rotatable bonds is 4. The van der Waals surface area contributed by atoms with Crippen molar-refractivity contribution in [2.45, 2.75) is 11.8 Å². The molecule has 0 saturated carbocycles.